The molecule has 56 heavy (non-hydrogen) atoms. The van der Waals surface area contributed by atoms with E-state index >= 15 is 0 Å². The Bertz CT molecular complexity index is 2310. The van der Waals surface area contributed by atoms with Crippen molar-refractivity contribution in [1.29, 1.82) is 0 Å². The number of rotatable bonds is 18. The van der Waals surface area contributed by atoms with Crippen LogP contribution in [0, 0.1) is 0 Å². The summed E-state index contributed by atoms with van der Waals surface area (Å²) in [5.74, 6) is -1.70. The molecule has 0 bridgehead atoms. The van der Waals surface area contributed by atoms with Crippen LogP contribution in [0.25, 0.3) is 32.3 Å². The molecule has 3 unspecified atom stereocenters. The third-order valence-corrected chi connectivity index (χ3v) is 9.97. The van der Waals surface area contributed by atoms with Crippen molar-refractivity contribution in [2.45, 2.75) is 56.7 Å². The van der Waals surface area contributed by atoms with Crippen LogP contribution in [0.1, 0.15) is 36.0 Å². The van der Waals surface area contributed by atoms with Crippen molar-refractivity contribution in [1.82, 2.24) is 21.3 Å². The minimum absolute atomic E-state index is 0.143. The average molecular weight is 751 g/mol. The quantitative estimate of drug-likeness (QED) is 0.0688. The largest absolute Gasteiger partial charge is 0.354 e. The van der Waals surface area contributed by atoms with Crippen LogP contribution in [0.2, 0.25) is 0 Å². The molecular formula is C46H50N6O4. The molecule has 0 fully saturated rings. The molecule has 0 aromatic heterocycles. The number of hydrogen-bond donors (Lipinski definition) is 6. The molecule has 0 spiro atoms. The first kappa shape index (κ1) is 39.6. The first-order chi connectivity index (χ1) is 27.3. The van der Waals surface area contributed by atoms with Crippen LogP contribution in [-0.2, 0) is 38.4 Å². The molecule has 288 valence electrons. The van der Waals surface area contributed by atoms with Gasteiger partial charge in [0.1, 0.15) is 18.1 Å². The minimum Gasteiger partial charge on any atom is -0.354 e. The summed E-state index contributed by atoms with van der Waals surface area (Å²) in [6.07, 6.45) is 1.78. The summed E-state index contributed by atoms with van der Waals surface area (Å²) in [7, 11) is 0. The second kappa shape index (κ2) is 19.5. The van der Waals surface area contributed by atoms with E-state index in [1.807, 2.05) is 127 Å². The number of nitrogens with one attached hydrogen (secondary N) is 4. The van der Waals surface area contributed by atoms with Gasteiger partial charge in [-0.15, -0.1) is 0 Å². The molecule has 0 saturated carbocycles. The lowest BCUT2D eigenvalue weighted by molar-refractivity contribution is -0.133. The summed E-state index contributed by atoms with van der Waals surface area (Å²) < 4.78 is 0. The standard InChI is InChI=1S/C46H50N6O4/c47-22-7-15-43(53)50-41(29-32-17-20-35-10-2-5-13-38(35)26-32)45(55)52-42(30-33-18-21-36-11-3-6-14-39(36)27-33)46(56)51-40(44(54)49-24-8-23-48)28-31-16-19-34-9-1-4-12-37(34)25-31/h1-6,9-14,16-21,25-27,40-42H,7-8,15,22-24,28-30,47-48H2,(H,49,54)(H,50,53)(H,51,56)(H,52,55). The molecule has 0 aliphatic heterocycles. The molecule has 4 amide bonds. The summed E-state index contributed by atoms with van der Waals surface area (Å²) in [4.78, 5) is 55.5. The lowest BCUT2D eigenvalue weighted by Crippen LogP contribution is -2.58. The summed E-state index contributed by atoms with van der Waals surface area (Å²) >= 11 is 0. The molecule has 0 saturated heterocycles. The Kier molecular flexibility index (Phi) is 13.8. The van der Waals surface area contributed by atoms with E-state index in [1.165, 1.54) is 0 Å². The Hall–Kier alpha value is -6.10. The number of amides is 4. The third-order valence-electron chi connectivity index (χ3n) is 9.97. The molecule has 0 heterocycles. The molecule has 0 aliphatic carbocycles. The van der Waals surface area contributed by atoms with Gasteiger partial charge in [0.2, 0.25) is 23.6 Å². The normalized spacial score (nSPS) is 12.8. The number of benzene rings is 6. The van der Waals surface area contributed by atoms with E-state index in [4.69, 9.17) is 11.5 Å². The minimum atomic E-state index is -1.08. The highest BCUT2D eigenvalue weighted by Crippen LogP contribution is 2.20. The van der Waals surface area contributed by atoms with Crippen molar-refractivity contribution in [3.63, 3.8) is 0 Å². The maximum absolute atomic E-state index is 14.5. The van der Waals surface area contributed by atoms with Crippen molar-refractivity contribution < 1.29 is 19.2 Å². The lowest BCUT2D eigenvalue weighted by Gasteiger charge is -2.26. The van der Waals surface area contributed by atoms with Crippen LogP contribution in [0.3, 0.4) is 0 Å². The Labute approximate surface area is 327 Å². The highest BCUT2D eigenvalue weighted by atomic mass is 16.2. The highest BCUT2D eigenvalue weighted by molar-refractivity contribution is 5.95. The molecule has 6 aromatic carbocycles. The van der Waals surface area contributed by atoms with Crippen LogP contribution in [-0.4, -0.2) is 61.4 Å². The van der Waals surface area contributed by atoms with E-state index in [0.29, 0.717) is 32.5 Å². The number of carbonyl (C=O) groups is 4. The van der Waals surface area contributed by atoms with Crippen LogP contribution < -0.4 is 32.7 Å². The van der Waals surface area contributed by atoms with Gasteiger partial charge < -0.3 is 32.7 Å². The smallest absolute Gasteiger partial charge is 0.243 e. The van der Waals surface area contributed by atoms with E-state index in [2.05, 4.69) is 21.3 Å². The van der Waals surface area contributed by atoms with Gasteiger partial charge in [-0.25, -0.2) is 0 Å². The predicted octanol–water partition coefficient (Wildman–Crippen LogP) is 4.83. The molecule has 6 rings (SSSR count). The molecule has 3 atom stereocenters. The number of fused-ring (bicyclic) bond motifs is 3. The zero-order valence-corrected chi connectivity index (χ0v) is 31.5. The van der Waals surface area contributed by atoms with Gasteiger partial charge in [-0.3, -0.25) is 19.2 Å². The third kappa shape index (κ3) is 10.8. The zero-order valence-electron chi connectivity index (χ0n) is 31.5. The predicted molar refractivity (Wildman–Crippen MR) is 224 cm³/mol. The fourth-order valence-electron chi connectivity index (χ4n) is 6.94. The summed E-state index contributed by atoms with van der Waals surface area (Å²) in [6.45, 7) is 1.10. The fourth-order valence-corrected chi connectivity index (χ4v) is 6.94. The van der Waals surface area contributed by atoms with Crippen LogP contribution in [0.15, 0.2) is 127 Å². The Morgan fingerprint density at radius 2 is 0.821 bits per heavy atom. The van der Waals surface area contributed by atoms with E-state index < -0.39 is 29.9 Å². The SMILES string of the molecule is NCCCNC(=O)C(Cc1ccc2ccccc2c1)NC(=O)C(Cc1ccc2ccccc2c1)NC(=O)C(Cc1ccc2ccccc2c1)NC(=O)CCCN. The first-order valence-corrected chi connectivity index (χ1v) is 19.3. The van der Waals surface area contributed by atoms with Crippen molar-refractivity contribution in [3.05, 3.63) is 144 Å². The maximum atomic E-state index is 14.5. The lowest BCUT2D eigenvalue weighted by atomic mass is 9.98. The summed E-state index contributed by atoms with van der Waals surface area (Å²) in [6, 6.07) is 38.6. The van der Waals surface area contributed by atoms with E-state index in [9.17, 15) is 19.2 Å². The van der Waals surface area contributed by atoms with Gasteiger partial charge in [-0.05, 0) is 74.9 Å². The van der Waals surface area contributed by atoms with Gasteiger partial charge in [0, 0.05) is 32.2 Å². The van der Waals surface area contributed by atoms with Crippen LogP contribution in [0.4, 0.5) is 0 Å². The number of nitrogens with two attached hydrogens (primary N) is 2. The van der Waals surface area contributed by atoms with Crippen LogP contribution in [0.5, 0.6) is 0 Å². The molecule has 0 aliphatic rings. The number of carbonyl (C=O) groups excluding carboxylic acids is 4. The summed E-state index contributed by atoms with van der Waals surface area (Å²) in [5, 5.41) is 18.0. The zero-order chi connectivity index (χ0) is 39.3. The average Bonchev–Trinajstić information content (AvgIpc) is 3.22. The van der Waals surface area contributed by atoms with Gasteiger partial charge in [0.15, 0.2) is 0 Å². The molecule has 0 radical (unpaired) electrons. The van der Waals surface area contributed by atoms with Crippen LogP contribution >= 0.6 is 0 Å². The van der Waals surface area contributed by atoms with Gasteiger partial charge >= 0.3 is 0 Å². The Morgan fingerprint density at radius 3 is 1.23 bits per heavy atom. The second-order valence-corrected chi connectivity index (χ2v) is 14.2. The maximum Gasteiger partial charge on any atom is 0.243 e. The molecular weight excluding hydrogens is 701 g/mol. The molecule has 6 aromatic rings. The topological polar surface area (TPSA) is 168 Å². The van der Waals surface area contributed by atoms with Gasteiger partial charge in [-0.2, -0.15) is 0 Å². The first-order valence-electron chi connectivity index (χ1n) is 19.3. The number of hydrogen-bond acceptors (Lipinski definition) is 6. The van der Waals surface area contributed by atoms with Gasteiger partial charge in [0.25, 0.3) is 0 Å². The second-order valence-electron chi connectivity index (χ2n) is 14.2. The van der Waals surface area contributed by atoms with Gasteiger partial charge in [0.05, 0.1) is 0 Å². The van der Waals surface area contributed by atoms with E-state index in [1.54, 1.807) is 0 Å². The van der Waals surface area contributed by atoms with Crippen molar-refractivity contribution in [2.24, 2.45) is 11.5 Å². The molecule has 10 nitrogen and oxygen atoms in total. The highest BCUT2D eigenvalue weighted by Gasteiger charge is 2.30. The van der Waals surface area contributed by atoms with Crippen molar-refractivity contribution in [2.75, 3.05) is 19.6 Å². The van der Waals surface area contributed by atoms with Crippen molar-refractivity contribution >= 4 is 55.9 Å². The monoisotopic (exact) mass is 750 g/mol. The van der Waals surface area contributed by atoms with E-state index in [0.717, 1.165) is 49.0 Å². The Balaban J connectivity index is 1.29. The van der Waals surface area contributed by atoms with Gasteiger partial charge in [-0.1, -0.05) is 127 Å². The Morgan fingerprint density at radius 1 is 0.446 bits per heavy atom. The molecule has 10 heteroatoms. The fraction of sp³-hybridized carbons (Fsp3) is 0.261. The summed E-state index contributed by atoms with van der Waals surface area (Å²) in [5.41, 5.74) is 13.9. The van der Waals surface area contributed by atoms with E-state index in [-0.39, 0.29) is 37.5 Å². The van der Waals surface area contributed by atoms with Crippen molar-refractivity contribution in [3.8, 4) is 0 Å². The molecule has 8 N–H and O–H groups in total.